The van der Waals surface area contributed by atoms with Crippen LogP contribution in [0.15, 0.2) is 48.5 Å². The van der Waals surface area contributed by atoms with Gasteiger partial charge in [0.05, 0.1) is 0 Å². The van der Waals surface area contributed by atoms with Gasteiger partial charge < -0.3 is 10.2 Å². The fourth-order valence-electron chi connectivity index (χ4n) is 2.68. The van der Waals surface area contributed by atoms with E-state index in [1.807, 2.05) is 0 Å². The topological polar surface area (TPSA) is 15.3 Å². The maximum Gasteiger partial charge on any atom is 0.0430 e. The molecule has 0 spiro atoms. The Kier molecular flexibility index (Phi) is 3.41. The molecule has 1 aliphatic heterocycles. The Morgan fingerprint density at radius 2 is 1.95 bits per heavy atom. The molecule has 0 fully saturated rings. The fraction of sp³-hybridized carbons (Fsp3) is 0.294. The third-order valence-electron chi connectivity index (χ3n) is 3.76. The molecule has 0 bridgehead atoms. The molecule has 2 aromatic rings. The molecule has 0 saturated heterocycles. The summed E-state index contributed by atoms with van der Waals surface area (Å²) in [7, 11) is 0. The van der Waals surface area contributed by atoms with E-state index in [9.17, 15) is 0 Å². The number of hydrogen-bond acceptors (Lipinski definition) is 2. The SMILES string of the molecule is CCN(Cc1ccc2c(c1)NCC2)c1ccccc1. The predicted octanol–water partition coefficient (Wildman–Crippen LogP) is 3.68. The Bertz CT molecular complexity index is 548. The quantitative estimate of drug-likeness (QED) is 0.893. The lowest BCUT2D eigenvalue weighted by atomic mass is 10.1. The van der Waals surface area contributed by atoms with Crippen LogP contribution in [0.1, 0.15) is 18.1 Å². The minimum atomic E-state index is 0.968. The molecule has 2 nitrogen and oxygen atoms in total. The molecular weight excluding hydrogens is 232 g/mol. The van der Waals surface area contributed by atoms with Gasteiger partial charge in [0.2, 0.25) is 0 Å². The highest BCUT2D eigenvalue weighted by Gasteiger charge is 2.11. The third-order valence-corrected chi connectivity index (χ3v) is 3.76. The Hall–Kier alpha value is -1.96. The zero-order valence-corrected chi connectivity index (χ0v) is 11.4. The summed E-state index contributed by atoms with van der Waals surface area (Å²) in [4.78, 5) is 2.40. The van der Waals surface area contributed by atoms with Crippen molar-refractivity contribution in [2.75, 3.05) is 23.3 Å². The van der Waals surface area contributed by atoms with Gasteiger partial charge in [-0.25, -0.2) is 0 Å². The molecule has 0 aliphatic carbocycles. The third kappa shape index (κ3) is 2.58. The lowest BCUT2D eigenvalue weighted by Crippen LogP contribution is -2.21. The number of fused-ring (bicyclic) bond motifs is 1. The molecule has 1 aliphatic rings. The maximum atomic E-state index is 3.45. The lowest BCUT2D eigenvalue weighted by molar-refractivity contribution is 0.832. The van der Waals surface area contributed by atoms with Crippen LogP contribution < -0.4 is 10.2 Å². The van der Waals surface area contributed by atoms with Crippen LogP contribution >= 0.6 is 0 Å². The van der Waals surface area contributed by atoms with Gasteiger partial charge >= 0.3 is 0 Å². The van der Waals surface area contributed by atoms with Gasteiger partial charge in [-0.2, -0.15) is 0 Å². The maximum absolute atomic E-state index is 3.45. The molecular formula is C17H20N2. The smallest absolute Gasteiger partial charge is 0.0430 e. The Morgan fingerprint density at radius 3 is 2.74 bits per heavy atom. The van der Waals surface area contributed by atoms with Crippen molar-refractivity contribution in [1.82, 2.24) is 0 Å². The van der Waals surface area contributed by atoms with Crippen LogP contribution in [0.5, 0.6) is 0 Å². The minimum absolute atomic E-state index is 0.968. The van der Waals surface area contributed by atoms with Crippen LogP contribution in [0.3, 0.4) is 0 Å². The minimum Gasteiger partial charge on any atom is -0.384 e. The molecule has 0 atom stereocenters. The van der Waals surface area contributed by atoms with E-state index in [1.54, 1.807) is 0 Å². The summed E-state index contributed by atoms with van der Waals surface area (Å²) >= 11 is 0. The average molecular weight is 252 g/mol. The van der Waals surface area contributed by atoms with E-state index in [-0.39, 0.29) is 0 Å². The highest BCUT2D eigenvalue weighted by atomic mass is 15.1. The first-order valence-electron chi connectivity index (χ1n) is 7.02. The normalized spacial score (nSPS) is 12.9. The Morgan fingerprint density at radius 1 is 1.11 bits per heavy atom. The second-order valence-electron chi connectivity index (χ2n) is 5.02. The summed E-state index contributed by atoms with van der Waals surface area (Å²) in [5, 5.41) is 3.45. The molecule has 2 heteroatoms. The van der Waals surface area contributed by atoms with Crippen LogP contribution in [0.4, 0.5) is 11.4 Å². The van der Waals surface area contributed by atoms with Gasteiger partial charge in [0.25, 0.3) is 0 Å². The van der Waals surface area contributed by atoms with E-state index in [4.69, 9.17) is 0 Å². The second-order valence-corrected chi connectivity index (χ2v) is 5.02. The Labute approximate surface area is 115 Å². The number of anilines is 2. The van der Waals surface area contributed by atoms with Gasteiger partial charge in [0, 0.05) is 31.0 Å². The zero-order chi connectivity index (χ0) is 13.1. The number of hydrogen-bond donors (Lipinski definition) is 1. The van der Waals surface area contributed by atoms with E-state index >= 15 is 0 Å². The van der Waals surface area contributed by atoms with Crippen LogP contribution in [0, 0.1) is 0 Å². The summed E-state index contributed by atoms with van der Waals surface area (Å²) in [5.41, 5.74) is 5.44. The number of para-hydroxylation sites is 1. The lowest BCUT2D eigenvalue weighted by Gasteiger charge is -2.23. The average Bonchev–Trinajstić information content (AvgIpc) is 2.93. The van der Waals surface area contributed by atoms with Crippen molar-refractivity contribution in [1.29, 1.82) is 0 Å². The Balaban J connectivity index is 1.80. The predicted molar refractivity (Wildman–Crippen MR) is 81.8 cm³/mol. The second kappa shape index (κ2) is 5.35. The first-order chi connectivity index (χ1) is 9.36. The first kappa shape index (κ1) is 12.1. The number of rotatable bonds is 4. The van der Waals surface area contributed by atoms with Gasteiger partial charge in [-0.1, -0.05) is 30.3 Å². The number of nitrogens with one attached hydrogen (secondary N) is 1. The highest BCUT2D eigenvalue weighted by Crippen LogP contribution is 2.25. The molecule has 0 saturated carbocycles. The van der Waals surface area contributed by atoms with Crippen molar-refractivity contribution in [3.8, 4) is 0 Å². The van der Waals surface area contributed by atoms with Crippen LogP contribution in [-0.4, -0.2) is 13.1 Å². The van der Waals surface area contributed by atoms with Crippen LogP contribution in [0.2, 0.25) is 0 Å². The van der Waals surface area contributed by atoms with Crippen molar-refractivity contribution >= 4 is 11.4 Å². The van der Waals surface area contributed by atoms with Crippen LogP contribution in [-0.2, 0) is 13.0 Å². The highest BCUT2D eigenvalue weighted by molar-refractivity contribution is 5.57. The van der Waals surface area contributed by atoms with Crippen molar-refractivity contribution in [2.24, 2.45) is 0 Å². The van der Waals surface area contributed by atoms with Gasteiger partial charge in [-0.05, 0) is 42.7 Å². The largest absolute Gasteiger partial charge is 0.384 e. The van der Waals surface area contributed by atoms with Crippen molar-refractivity contribution in [3.05, 3.63) is 59.7 Å². The van der Waals surface area contributed by atoms with Gasteiger partial charge in [-0.15, -0.1) is 0 Å². The fourth-order valence-corrected chi connectivity index (χ4v) is 2.68. The van der Waals surface area contributed by atoms with Gasteiger partial charge in [0.15, 0.2) is 0 Å². The molecule has 2 aromatic carbocycles. The van der Waals surface area contributed by atoms with E-state index in [2.05, 4.69) is 65.7 Å². The van der Waals surface area contributed by atoms with E-state index in [1.165, 1.54) is 22.5 Å². The van der Waals surface area contributed by atoms with Crippen molar-refractivity contribution in [3.63, 3.8) is 0 Å². The zero-order valence-electron chi connectivity index (χ0n) is 11.4. The molecule has 1 N–H and O–H groups in total. The summed E-state index contributed by atoms with van der Waals surface area (Å²) in [6.45, 7) is 5.28. The van der Waals surface area contributed by atoms with E-state index in [0.717, 1.165) is 26.1 Å². The molecule has 0 amide bonds. The molecule has 19 heavy (non-hydrogen) atoms. The summed E-state index contributed by atoms with van der Waals surface area (Å²) in [6, 6.07) is 17.4. The number of benzene rings is 2. The first-order valence-corrected chi connectivity index (χ1v) is 7.02. The van der Waals surface area contributed by atoms with Gasteiger partial charge in [0.1, 0.15) is 0 Å². The summed E-state index contributed by atoms with van der Waals surface area (Å²) in [5.74, 6) is 0. The van der Waals surface area contributed by atoms with E-state index < -0.39 is 0 Å². The van der Waals surface area contributed by atoms with E-state index in [0.29, 0.717) is 0 Å². The molecule has 3 rings (SSSR count). The molecule has 0 aromatic heterocycles. The molecule has 1 heterocycles. The monoisotopic (exact) mass is 252 g/mol. The summed E-state index contributed by atoms with van der Waals surface area (Å²) in [6.07, 6.45) is 1.16. The molecule has 98 valence electrons. The molecule has 0 unspecified atom stereocenters. The molecule has 0 radical (unpaired) electrons. The van der Waals surface area contributed by atoms with Crippen molar-refractivity contribution in [2.45, 2.75) is 19.9 Å². The van der Waals surface area contributed by atoms with Crippen LogP contribution in [0.25, 0.3) is 0 Å². The van der Waals surface area contributed by atoms with Crippen molar-refractivity contribution < 1.29 is 0 Å². The van der Waals surface area contributed by atoms with Gasteiger partial charge in [-0.3, -0.25) is 0 Å². The number of nitrogens with zero attached hydrogens (tertiary/aromatic N) is 1. The standard InChI is InChI=1S/C17H20N2/c1-2-19(16-6-4-3-5-7-16)13-14-8-9-15-10-11-18-17(15)12-14/h3-9,12,18H,2,10-11,13H2,1H3. The summed E-state index contributed by atoms with van der Waals surface area (Å²) < 4.78 is 0.